The molecule has 0 aromatic heterocycles. The van der Waals surface area contributed by atoms with Gasteiger partial charge in [-0.3, -0.25) is 10.1 Å². The Morgan fingerprint density at radius 2 is 2.26 bits per heavy atom. The van der Waals surface area contributed by atoms with Crippen molar-refractivity contribution in [1.82, 2.24) is 5.32 Å². The molecular weight excluding hydrogens is 246 g/mol. The number of nitrogens with one attached hydrogen (secondary N) is 1. The maximum Gasteiger partial charge on any atom is 0.270 e. The Morgan fingerprint density at radius 1 is 1.53 bits per heavy atom. The van der Waals surface area contributed by atoms with E-state index in [0.29, 0.717) is 24.3 Å². The number of hydrogen-bond acceptors (Lipinski definition) is 5. The van der Waals surface area contributed by atoms with Crippen molar-refractivity contribution in [3.63, 3.8) is 0 Å². The van der Waals surface area contributed by atoms with E-state index in [-0.39, 0.29) is 5.69 Å². The first kappa shape index (κ1) is 14.9. The number of nitrogens with zero attached hydrogens (tertiary/aromatic N) is 2. The molecule has 6 heteroatoms. The number of nitriles is 1. The Morgan fingerprint density at radius 3 is 2.79 bits per heavy atom. The first-order valence-electron chi connectivity index (χ1n) is 6.16. The summed E-state index contributed by atoms with van der Waals surface area (Å²) in [5.41, 5.74) is 0.704. The van der Waals surface area contributed by atoms with Crippen LogP contribution < -0.4 is 10.1 Å². The molecule has 0 aliphatic carbocycles. The van der Waals surface area contributed by atoms with E-state index < -0.39 is 11.0 Å². The van der Waals surface area contributed by atoms with E-state index in [1.165, 1.54) is 12.1 Å². The van der Waals surface area contributed by atoms with Gasteiger partial charge in [0.15, 0.2) is 6.10 Å². The quantitative estimate of drug-likeness (QED) is 0.602. The van der Waals surface area contributed by atoms with Crippen molar-refractivity contribution in [3.8, 4) is 11.8 Å². The minimum atomic E-state index is -0.540. The Kier molecular flexibility index (Phi) is 5.76. The van der Waals surface area contributed by atoms with Gasteiger partial charge in [0.25, 0.3) is 5.69 Å². The molecule has 1 unspecified atom stereocenters. The SMILES string of the molecule is CCNCc1cc([N+](=O)[O-])ccc1OC(C#N)CC. The molecule has 0 radical (unpaired) electrons. The summed E-state index contributed by atoms with van der Waals surface area (Å²) in [7, 11) is 0. The lowest BCUT2D eigenvalue weighted by Gasteiger charge is -2.14. The second-order valence-corrected chi connectivity index (χ2v) is 3.97. The zero-order valence-corrected chi connectivity index (χ0v) is 11.0. The van der Waals surface area contributed by atoms with E-state index in [2.05, 4.69) is 5.32 Å². The van der Waals surface area contributed by atoms with Crippen LogP contribution in [0.15, 0.2) is 18.2 Å². The first-order valence-corrected chi connectivity index (χ1v) is 6.16. The van der Waals surface area contributed by atoms with Crippen molar-refractivity contribution in [2.45, 2.75) is 32.9 Å². The molecule has 0 aliphatic heterocycles. The number of nitro benzene ring substituents is 1. The molecule has 0 saturated carbocycles. The Hall–Kier alpha value is -2.13. The van der Waals surface area contributed by atoms with Crippen LogP contribution in [0.5, 0.6) is 5.75 Å². The van der Waals surface area contributed by atoms with Gasteiger partial charge in [0, 0.05) is 24.2 Å². The van der Waals surface area contributed by atoms with E-state index in [9.17, 15) is 10.1 Å². The van der Waals surface area contributed by atoms with Crippen molar-refractivity contribution >= 4 is 5.69 Å². The zero-order chi connectivity index (χ0) is 14.3. The largest absolute Gasteiger partial charge is 0.475 e. The topological polar surface area (TPSA) is 88.2 Å². The highest BCUT2D eigenvalue weighted by atomic mass is 16.6. The predicted octanol–water partition coefficient (Wildman–Crippen LogP) is 2.39. The second-order valence-electron chi connectivity index (χ2n) is 3.97. The maximum absolute atomic E-state index is 10.8. The van der Waals surface area contributed by atoms with Gasteiger partial charge in [-0.05, 0) is 19.0 Å². The molecule has 0 aliphatic rings. The van der Waals surface area contributed by atoms with Gasteiger partial charge >= 0.3 is 0 Å². The molecule has 19 heavy (non-hydrogen) atoms. The highest BCUT2D eigenvalue weighted by Gasteiger charge is 2.14. The zero-order valence-electron chi connectivity index (χ0n) is 11.0. The summed E-state index contributed by atoms with van der Waals surface area (Å²) in [6.45, 7) is 5.01. The minimum absolute atomic E-state index is 0.0188. The Labute approximate surface area is 112 Å². The summed E-state index contributed by atoms with van der Waals surface area (Å²) in [6.07, 6.45) is 0.0237. The van der Waals surface area contributed by atoms with Crippen LogP contribution in [0.25, 0.3) is 0 Å². The molecule has 0 spiro atoms. The molecular formula is C13H17N3O3. The standard InChI is InChI=1S/C13H17N3O3/c1-3-12(8-14)19-13-6-5-11(16(17)18)7-10(13)9-15-4-2/h5-7,12,15H,3-4,9H2,1-2H3. The lowest BCUT2D eigenvalue weighted by molar-refractivity contribution is -0.384. The van der Waals surface area contributed by atoms with E-state index in [4.69, 9.17) is 10.00 Å². The molecule has 6 nitrogen and oxygen atoms in total. The maximum atomic E-state index is 10.8. The summed E-state index contributed by atoms with van der Waals surface area (Å²) in [5, 5.41) is 22.8. The third-order valence-electron chi connectivity index (χ3n) is 2.60. The second kappa shape index (κ2) is 7.34. The number of nitro groups is 1. The van der Waals surface area contributed by atoms with Gasteiger partial charge in [-0.25, -0.2) is 0 Å². The summed E-state index contributed by atoms with van der Waals surface area (Å²) < 4.78 is 5.55. The number of rotatable bonds is 7. The highest BCUT2D eigenvalue weighted by molar-refractivity contribution is 5.44. The number of non-ortho nitro benzene ring substituents is 1. The van der Waals surface area contributed by atoms with Crippen molar-refractivity contribution < 1.29 is 9.66 Å². The molecule has 1 rings (SSSR count). The van der Waals surface area contributed by atoms with E-state index >= 15 is 0 Å². The van der Waals surface area contributed by atoms with E-state index in [0.717, 1.165) is 6.54 Å². The van der Waals surface area contributed by atoms with Crippen molar-refractivity contribution in [3.05, 3.63) is 33.9 Å². The van der Waals surface area contributed by atoms with Gasteiger partial charge in [0.05, 0.1) is 4.92 Å². The minimum Gasteiger partial charge on any atom is -0.475 e. The molecule has 1 atom stereocenters. The van der Waals surface area contributed by atoms with Gasteiger partial charge in [-0.15, -0.1) is 0 Å². The molecule has 1 aromatic carbocycles. The third kappa shape index (κ3) is 4.23. The van der Waals surface area contributed by atoms with Crippen molar-refractivity contribution in [2.75, 3.05) is 6.54 Å². The molecule has 0 saturated heterocycles. The summed E-state index contributed by atoms with van der Waals surface area (Å²) in [6, 6.07) is 6.45. The van der Waals surface area contributed by atoms with Crippen LogP contribution in [0.4, 0.5) is 5.69 Å². The van der Waals surface area contributed by atoms with Crippen LogP contribution >= 0.6 is 0 Å². The van der Waals surface area contributed by atoms with Gasteiger partial charge in [0.2, 0.25) is 0 Å². The van der Waals surface area contributed by atoms with Crippen LogP contribution in [0, 0.1) is 21.4 Å². The van der Waals surface area contributed by atoms with Gasteiger partial charge < -0.3 is 10.1 Å². The van der Waals surface area contributed by atoms with Gasteiger partial charge in [0.1, 0.15) is 11.8 Å². The monoisotopic (exact) mass is 263 g/mol. The highest BCUT2D eigenvalue weighted by Crippen LogP contribution is 2.25. The van der Waals surface area contributed by atoms with Crippen molar-refractivity contribution in [1.29, 1.82) is 5.26 Å². The summed E-state index contributed by atoms with van der Waals surface area (Å²) in [4.78, 5) is 10.3. The average Bonchev–Trinajstić information content (AvgIpc) is 2.42. The molecule has 0 amide bonds. The fourth-order valence-corrected chi connectivity index (χ4v) is 1.55. The van der Waals surface area contributed by atoms with Gasteiger partial charge in [-0.1, -0.05) is 13.8 Å². The molecule has 0 bridgehead atoms. The number of benzene rings is 1. The lowest BCUT2D eigenvalue weighted by Crippen LogP contribution is -2.17. The molecule has 0 fully saturated rings. The summed E-state index contributed by atoms with van der Waals surface area (Å²) >= 11 is 0. The normalized spacial score (nSPS) is 11.6. The predicted molar refractivity (Wildman–Crippen MR) is 70.8 cm³/mol. The average molecular weight is 263 g/mol. The van der Waals surface area contributed by atoms with E-state index in [1.807, 2.05) is 19.9 Å². The Balaban J connectivity index is 3.01. The number of hydrogen-bond donors (Lipinski definition) is 1. The van der Waals surface area contributed by atoms with Crippen LogP contribution in [0.1, 0.15) is 25.8 Å². The van der Waals surface area contributed by atoms with Crippen LogP contribution in [-0.2, 0) is 6.54 Å². The Bertz CT molecular complexity index is 483. The van der Waals surface area contributed by atoms with Crippen molar-refractivity contribution in [2.24, 2.45) is 0 Å². The fraction of sp³-hybridized carbons (Fsp3) is 0.462. The van der Waals surface area contributed by atoms with Crippen LogP contribution in [-0.4, -0.2) is 17.6 Å². The van der Waals surface area contributed by atoms with Crippen LogP contribution in [0.2, 0.25) is 0 Å². The van der Waals surface area contributed by atoms with Gasteiger partial charge in [-0.2, -0.15) is 5.26 Å². The third-order valence-corrected chi connectivity index (χ3v) is 2.60. The van der Waals surface area contributed by atoms with E-state index in [1.54, 1.807) is 6.07 Å². The first-order chi connectivity index (χ1) is 9.12. The van der Waals surface area contributed by atoms with Crippen LogP contribution in [0.3, 0.4) is 0 Å². The molecule has 1 N–H and O–H groups in total. The fourth-order valence-electron chi connectivity index (χ4n) is 1.55. The molecule has 1 aromatic rings. The molecule has 0 heterocycles. The summed E-state index contributed by atoms with van der Waals surface area (Å²) in [5.74, 6) is 0.514. The smallest absolute Gasteiger partial charge is 0.270 e. The molecule has 102 valence electrons. The lowest BCUT2D eigenvalue weighted by atomic mass is 10.1. The number of ether oxygens (including phenoxy) is 1.